The predicted octanol–water partition coefficient (Wildman–Crippen LogP) is 2.27. The van der Waals surface area contributed by atoms with E-state index >= 15 is 0 Å². The lowest BCUT2D eigenvalue weighted by Crippen LogP contribution is -2.36. The van der Waals surface area contributed by atoms with Crippen LogP contribution >= 0.6 is 0 Å². The Bertz CT molecular complexity index is 964. The highest BCUT2D eigenvalue weighted by Gasteiger charge is 2.14. The Morgan fingerprint density at radius 2 is 2.04 bits per heavy atom. The molecule has 8 heteroatoms. The number of carbonyl (C=O) groups excluding carboxylic acids is 2. The molecule has 0 bridgehead atoms. The number of carbonyl (C=O) groups is 2. The van der Waals surface area contributed by atoms with Gasteiger partial charge in [0.05, 0.1) is 24.1 Å². The van der Waals surface area contributed by atoms with Gasteiger partial charge in [0, 0.05) is 18.9 Å². The van der Waals surface area contributed by atoms with Crippen molar-refractivity contribution in [1.82, 2.24) is 20.2 Å². The number of furan rings is 1. The third kappa shape index (κ3) is 4.41. The molecule has 0 aliphatic heterocycles. The van der Waals surface area contributed by atoms with Crippen LogP contribution in [0.3, 0.4) is 0 Å². The predicted molar refractivity (Wildman–Crippen MR) is 95.9 cm³/mol. The lowest BCUT2D eigenvalue weighted by atomic mass is 10.2. The number of halogens is 1. The van der Waals surface area contributed by atoms with Crippen molar-refractivity contribution < 1.29 is 18.4 Å². The van der Waals surface area contributed by atoms with E-state index in [9.17, 15) is 14.0 Å². The number of hydrogen-bond acceptors (Lipinski definition) is 4. The van der Waals surface area contributed by atoms with E-state index in [-0.39, 0.29) is 24.9 Å². The standard InChI is InChI=1S/C19H19FN4O3/c1-12-7-15(13(2)27-12)19(26)23-10-18(25)22-9-14-3-4-17(16(20)8-14)24-6-5-21-11-24/h3-8,11H,9-10H2,1-2H3,(H,22,25)(H,23,26). The highest BCUT2D eigenvalue weighted by atomic mass is 19.1. The molecule has 0 aliphatic rings. The normalized spacial score (nSPS) is 10.6. The van der Waals surface area contributed by atoms with E-state index < -0.39 is 5.82 Å². The average Bonchev–Trinajstić information content (AvgIpc) is 3.27. The molecule has 0 atom stereocenters. The van der Waals surface area contributed by atoms with Gasteiger partial charge in [-0.1, -0.05) is 6.07 Å². The van der Waals surface area contributed by atoms with E-state index in [1.54, 1.807) is 49.0 Å². The third-order valence-corrected chi connectivity index (χ3v) is 3.98. The molecule has 0 aliphatic carbocycles. The summed E-state index contributed by atoms with van der Waals surface area (Å²) in [5.74, 6) is -0.0449. The molecular formula is C19H19FN4O3. The average molecular weight is 370 g/mol. The summed E-state index contributed by atoms with van der Waals surface area (Å²) in [6.07, 6.45) is 4.71. The number of amides is 2. The van der Waals surface area contributed by atoms with Crippen LogP contribution in [-0.2, 0) is 11.3 Å². The summed E-state index contributed by atoms with van der Waals surface area (Å²) in [5.41, 5.74) is 1.38. The SMILES string of the molecule is Cc1cc(C(=O)NCC(=O)NCc2ccc(-n3ccnc3)c(F)c2)c(C)o1. The molecular weight excluding hydrogens is 351 g/mol. The van der Waals surface area contributed by atoms with Gasteiger partial charge in [-0.15, -0.1) is 0 Å². The largest absolute Gasteiger partial charge is 0.466 e. The Labute approximate surface area is 155 Å². The van der Waals surface area contributed by atoms with Crippen LogP contribution in [0.2, 0.25) is 0 Å². The Morgan fingerprint density at radius 3 is 2.67 bits per heavy atom. The van der Waals surface area contributed by atoms with E-state index in [4.69, 9.17) is 4.42 Å². The number of rotatable bonds is 6. The summed E-state index contributed by atoms with van der Waals surface area (Å²) >= 11 is 0. The number of imidazole rings is 1. The first-order valence-corrected chi connectivity index (χ1v) is 8.32. The summed E-state index contributed by atoms with van der Waals surface area (Å²) < 4.78 is 21.0. The van der Waals surface area contributed by atoms with Crippen molar-refractivity contribution in [3.8, 4) is 5.69 Å². The molecule has 3 aromatic rings. The van der Waals surface area contributed by atoms with Crippen LogP contribution in [0.25, 0.3) is 5.69 Å². The first-order valence-electron chi connectivity index (χ1n) is 8.32. The van der Waals surface area contributed by atoms with Crippen LogP contribution < -0.4 is 10.6 Å². The van der Waals surface area contributed by atoms with Crippen molar-refractivity contribution in [3.05, 3.63) is 71.5 Å². The summed E-state index contributed by atoms with van der Waals surface area (Å²) in [5, 5.41) is 5.18. The molecule has 0 radical (unpaired) electrons. The molecule has 140 valence electrons. The van der Waals surface area contributed by atoms with Crippen LogP contribution in [0.5, 0.6) is 0 Å². The minimum atomic E-state index is -0.418. The topological polar surface area (TPSA) is 89.2 Å². The fourth-order valence-corrected chi connectivity index (χ4v) is 2.65. The molecule has 2 aromatic heterocycles. The van der Waals surface area contributed by atoms with Crippen molar-refractivity contribution >= 4 is 11.8 Å². The Hall–Kier alpha value is -3.42. The zero-order valence-electron chi connectivity index (χ0n) is 15.0. The molecule has 2 N–H and O–H groups in total. The number of aromatic nitrogens is 2. The zero-order valence-corrected chi connectivity index (χ0v) is 15.0. The van der Waals surface area contributed by atoms with Gasteiger partial charge in [-0.2, -0.15) is 0 Å². The van der Waals surface area contributed by atoms with Crippen molar-refractivity contribution in [3.63, 3.8) is 0 Å². The van der Waals surface area contributed by atoms with Crippen molar-refractivity contribution in [2.75, 3.05) is 6.54 Å². The van der Waals surface area contributed by atoms with Crippen LogP contribution in [0.1, 0.15) is 27.4 Å². The maximum absolute atomic E-state index is 14.2. The molecule has 2 heterocycles. The van der Waals surface area contributed by atoms with Crippen molar-refractivity contribution in [2.24, 2.45) is 0 Å². The Morgan fingerprint density at radius 1 is 1.22 bits per heavy atom. The van der Waals surface area contributed by atoms with E-state index in [1.807, 2.05) is 0 Å². The second-order valence-electron chi connectivity index (χ2n) is 6.04. The van der Waals surface area contributed by atoms with E-state index in [1.165, 1.54) is 12.4 Å². The monoisotopic (exact) mass is 370 g/mol. The van der Waals surface area contributed by atoms with Gasteiger partial charge in [-0.05, 0) is 37.6 Å². The molecule has 0 fully saturated rings. The number of hydrogen-bond donors (Lipinski definition) is 2. The Balaban J connectivity index is 1.51. The molecule has 1 aromatic carbocycles. The quantitative estimate of drug-likeness (QED) is 0.697. The highest BCUT2D eigenvalue weighted by molar-refractivity contribution is 5.97. The third-order valence-electron chi connectivity index (χ3n) is 3.98. The van der Waals surface area contributed by atoms with Gasteiger partial charge in [-0.3, -0.25) is 9.59 Å². The molecule has 0 spiro atoms. The molecule has 0 saturated carbocycles. The smallest absolute Gasteiger partial charge is 0.255 e. The van der Waals surface area contributed by atoms with Gasteiger partial charge in [0.1, 0.15) is 17.3 Å². The highest BCUT2D eigenvalue weighted by Crippen LogP contribution is 2.15. The summed E-state index contributed by atoms with van der Waals surface area (Å²) in [4.78, 5) is 27.9. The first-order chi connectivity index (χ1) is 12.9. The minimum Gasteiger partial charge on any atom is -0.466 e. The lowest BCUT2D eigenvalue weighted by molar-refractivity contribution is -0.120. The molecule has 3 rings (SSSR count). The molecule has 7 nitrogen and oxygen atoms in total. The number of nitrogens with zero attached hydrogens (tertiary/aromatic N) is 2. The van der Waals surface area contributed by atoms with E-state index in [2.05, 4.69) is 15.6 Å². The summed E-state index contributed by atoms with van der Waals surface area (Å²) in [7, 11) is 0. The van der Waals surface area contributed by atoms with Gasteiger partial charge in [-0.25, -0.2) is 9.37 Å². The van der Waals surface area contributed by atoms with Crippen molar-refractivity contribution in [2.45, 2.75) is 20.4 Å². The molecule has 27 heavy (non-hydrogen) atoms. The molecule has 0 saturated heterocycles. The number of aryl methyl sites for hydroxylation is 2. The fourth-order valence-electron chi connectivity index (χ4n) is 2.65. The summed E-state index contributed by atoms with van der Waals surface area (Å²) in [6, 6.07) is 6.30. The van der Waals surface area contributed by atoms with Gasteiger partial charge in [0.25, 0.3) is 5.91 Å². The van der Waals surface area contributed by atoms with Crippen molar-refractivity contribution in [1.29, 1.82) is 0 Å². The second kappa shape index (κ2) is 7.86. The van der Waals surface area contributed by atoms with Gasteiger partial charge >= 0.3 is 0 Å². The number of nitrogens with one attached hydrogen (secondary N) is 2. The first kappa shape index (κ1) is 18.4. The minimum absolute atomic E-state index is 0.152. The Kier molecular flexibility index (Phi) is 5.35. The van der Waals surface area contributed by atoms with Gasteiger partial charge < -0.3 is 19.6 Å². The van der Waals surface area contributed by atoms with Crippen LogP contribution in [-0.4, -0.2) is 27.9 Å². The van der Waals surface area contributed by atoms with Crippen LogP contribution in [0, 0.1) is 19.7 Å². The lowest BCUT2D eigenvalue weighted by Gasteiger charge is -2.09. The van der Waals surface area contributed by atoms with Gasteiger partial charge in [0.15, 0.2) is 0 Å². The second-order valence-corrected chi connectivity index (χ2v) is 6.04. The zero-order chi connectivity index (χ0) is 19.4. The maximum Gasteiger partial charge on any atom is 0.255 e. The molecule has 2 amide bonds. The number of benzene rings is 1. The van der Waals surface area contributed by atoms with Crippen LogP contribution in [0.4, 0.5) is 4.39 Å². The van der Waals surface area contributed by atoms with Crippen LogP contribution in [0.15, 0.2) is 47.4 Å². The van der Waals surface area contributed by atoms with E-state index in [0.29, 0.717) is 28.3 Å². The molecule has 0 unspecified atom stereocenters. The summed E-state index contributed by atoms with van der Waals surface area (Å²) in [6.45, 7) is 3.40. The maximum atomic E-state index is 14.2. The van der Waals surface area contributed by atoms with Gasteiger partial charge in [0.2, 0.25) is 5.91 Å². The fraction of sp³-hybridized carbons (Fsp3) is 0.211. The van der Waals surface area contributed by atoms with E-state index in [0.717, 1.165) is 0 Å².